The Morgan fingerprint density at radius 2 is 1.14 bits per heavy atom. The molecule has 0 bridgehead atoms. The molecule has 0 unspecified atom stereocenters. The largest absolute Gasteiger partial charge is 0.423 e. The molecule has 29 heavy (non-hydrogen) atoms. The molecule has 0 fully saturated rings. The number of benzene rings is 2. The zero-order valence-corrected chi connectivity index (χ0v) is 17.6. The van der Waals surface area contributed by atoms with Crippen molar-refractivity contribution in [3.8, 4) is 11.5 Å². The average molecular weight is 392 g/mol. The Kier molecular flexibility index (Phi) is 7.16. The minimum Gasteiger partial charge on any atom is -0.423 e. The highest BCUT2D eigenvalue weighted by Gasteiger charge is 2.28. The lowest BCUT2D eigenvalue weighted by Crippen LogP contribution is -2.23. The molecule has 2 aromatic rings. The topological polar surface area (TPSA) is 52.6 Å². The lowest BCUT2D eigenvalue weighted by molar-refractivity contribution is -0.130. The molecule has 0 aliphatic carbocycles. The van der Waals surface area contributed by atoms with Crippen molar-refractivity contribution in [1.82, 2.24) is 0 Å². The Hall–Kier alpha value is -3.14. The van der Waals surface area contributed by atoms with Gasteiger partial charge in [0.1, 0.15) is 11.5 Å². The molecule has 0 aliphatic heterocycles. The summed E-state index contributed by atoms with van der Waals surface area (Å²) in [7, 11) is 0. The minimum absolute atomic E-state index is 0.234. The quantitative estimate of drug-likeness (QED) is 0.326. The van der Waals surface area contributed by atoms with Crippen molar-refractivity contribution in [2.75, 3.05) is 0 Å². The van der Waals surface area contributed by atoms with Crippen molar-refractivity contribution in [2.45, 2.75) is 46.0 Å². The number of ether oxygens (including phenoxy) is 2. The van der Waals surface area contributed by atoms with Crippen LogP contribution in [0.25, 0.3) is 0 Å². The van der Waals surface area contributed by atoms with E-state index in [0.29, 0.717) is 22.6 Å². The molecular weight excluding hydrogens is 364 g/mol. The second-order valence-electron chi connectivity index (χ2n) is 7.47. The molecule has 0 N–H and O–H groups in total. The summed E-state index contributed by atoms with van der Waals surface area (Å²) < 4.78 is 10.6. The maximum Gasteiger partial charge on any atom is 0.338 e. The van der Waals surface area contributed by atoms with Crippen LogP contribution in [0.4, 0.5) is 0 Å². The summed E-state index contributed by atoms with van der Waals surface area (Å²) in [5, 5.41) is 0. The highest BCUT2D eigenvalue weighted by molar-refractivity contribution is 5.89. The van der Waals surface area contributed by atoms with Gasteiger partial charge in [-0.05, 0) is 55.7 Å². The van der Waals surface area contributed by atoms with Crippen LogP contribution in [0.3, 0.4) is 0 Å². The van der Waals surface area contributed by atoms with E-state index in [4.69, 9.17) is 9.47 Å². The molecule has 0 aromatic heterocycles. The number of hydrogen-bond acceptors (Lipinski definition) is 4. The molecule has 2 rings (SSSR count). The second-order valence-corrected chi connectivity index (χ2v) is 7.47. The molecular formula is C25H28O4. The van der Waals surface area contributed by atoms with Gasteiger partial charge < -0.3 is 9.47 Å². The fourth-order valence-electron chi connectivity index (χ4n) is 3.13. The molecule has 0 atom stereocenters. The van der Waals surface area contributed by atoms with Crippen molar-refractivity contribution in [3.63, 3.8) is 0 Å². The molecule has 0 saturated carbocycles. The zero-order chi connectivity index (χ0) is 21.6. The van der Waals surface area contributed by atoms with Crippen molar-refractivity contribution >= 4 is 11.9 Å². The van der Waals surface area contributed by atoms with E-state index in [2.05, 4.69) is 27.0 Å². The predicted molar refractivity (Wildman–Crippen MR) is 115 cm³/mol. The van der Waals surface area contributed by atoms with E-state index < -0.39 is 11.9 Å². The SMILES string of the molecule is C=C(C)C(=O)Oc1ccc(C(C)(CCC)c2ccc(OC(=O)C(=C)C)cc2)cc1. The summed E-state index contributed by atoms with van der Waals surface area (Å²) in [6.45, 7) is 14.8. The number of hydrogen-bond donors (Lipinski definition) is 0. The van der Waals surface area contributed by atoms with Crippen LogP contribution in [0.2, 0.25) is 0 Å². The van der Waals surface area contributed by atoms with Gasteiger partial charge in [-0.1, -0.05) is 57.7 Å². The van der Waals surface area contributed by atoms with E-state index in [1.165, 1.54) is 0 Å². The van der Waals surface area contributed by atoms with Crippen LogP contribution < -0.4 is 9.47 Å². The fourth-order valence-corrected chi connectivity index (χ4v) is 3.13. The minimum atomic E-state index is -0.436. The number of rotatable bonds is 8. The van der Waals surface area contributed by atoms with Crippen molar-refractivity contribution in [3.05, 3.63) is 84.0 Å². The summed E-state index contributed by atoms with van der Waals surface area (Å²) in [4.78, 5) is 23.4. The standard InChI is InChI=1S/C25H28O4/c1-7-16-25(6,19-8-12-21(13-9-19)28-23(26)17(2)3)20-10-14-22(15-11-20)29-24(27)18(4)5/h8-15H,2,4,7,16H2,1,3,5-6H3. The van der Waals surface area contributed by atoms with E-state index in [1.54, 1.807) is 38.1 Å². The van der Waals surface area contributed by atoms with E-state index >= 15 is 0 Å². The molecule has 0 aliphatic rings. The van der Waals surface area contributed by atoms with Gasteiger partial charge in [0, 0.05) is 16.6 Å². The average Bonchev–Trinajstić information content (AvgIpc) is 2.69. The van der Waals surface area contributed by atoms with Crippen molar-refractivity contribution in [1.29, 1.82) is 0 Å². The van der Waals surface area contributed by atoms with E-state index in [1.807, 2.05) is 24.3 Å². The van der Waals surface area contributed by atoms with Crippen LogP contribution in [0.5, 0.6) is 11.5 Å². The third kappa shape index (κ3) is 5.44. The molecule has 4 heteroatoms. The Balaban J connectivity index is 2.28. The second kappa shape index (κ2) is 9.37. The van der Waals surface area contributed by atoms with Crippen molar-refractivity contribution in [2.24, 2.45) is 0 Å². The Bertz CT molecular complexity index is 833. The first-order valence-electron chi connectivity index (χ1n) is 9.64. The maximum atomic E-state index is 11.7. The molecule has 4 nitrogen and oxygen atoms in total. The summed E-state index contributed by atoms with van der Waals surface area (Å²) >= 11 is 0. The lowest BCUT2D eigenvalue weighted by atomic mass is 9.73. The molecule has 0 radical (unpaired) electrons. The Morgan fingerprint density at radius 1 is 0.793 bits per heavy atom. The molecule has 0 saturated heterocycles. The first-order chi connectivity index (χ1) is 13.7. The van der Waals surface area contributed by atoms with Crippen LogP contribution >= 0.6 is 0 Å². The van der Waals surface area contributed by atoms with Gasteiger partial charge in [0.05, 0.1) is 0 Å². The van der Waals surface area contributed by atoms with Crippen molar-refractivity contribution < 1.29 is 19.1 Å². The van der Waals surface area contributed by atoms with Gasteiger partial charge >= 0.3 is 11.9 Å². The number of carbonyl (C=O) groups is 2. The van der Waals surface area contributed by atoms with Crippen LogP contribution in [0.1, 0.15) is 51.7 Å². The van der Waals surface area contributed by atoms with E-state index in [9.17, 15) is 9.59 Å². The molecule has 152 valence electrons. The Labute approximate surface area is 172 Å². The zero-order valence-electron chi connectivity index (χ0n) is 17.6. The third-order valence-electron chi connectivity index (χ3n) is 4.85. The van der Waals surface area contributed by atoms with Crippen LogP contribution in [0, 0.1) is 0 Å². The number of esters is 2. The lowest BCUT2D eigenvalue weighted by Gasteiger charge is -2.31. The normalized spacial score (nSPS) is 10.9. The van der Waals surface area contributed by atoms with E-state index in [-0.39, 0.29) is 5.41 Å². The summed E-state index contributed by atoms with van der Waals surface area (Å²) in [6.07, 6.45) is 1.93. The van der Waals surface area contributed by atoms with Crippen LogP contribution in [-0.2, 0) is 15.0 Å². The molecule has 0 heterocycles. The van der Waals surface area contributed by atoms with Gasteiger partial charge in [-0.25, -0.2) is 9.59 Å². The fraction of sp³-hybridized carbons (Fsp3) is 0.280. The highest BCUT2D eigenvalue weighted by Crippen LogP contribution is 2.37. The molecule has 0 amide bonds. The Morgan fingerprint density at radius 3 is 1.41 bits per heavy atom. The summed E-state index contributed by atoms with van der Waals surface area (Å²) in [5.41, 5.74) is 2.71. The first-order valence-corrected chi connectivity index (χ1v) is 9.64. The van der Waals surface area contributed by atoms with Gasteiger partial charge in [-0.2, -0.15) is 0 Å². The van der Waals surface area contributed by atoms with Gasteiger partial charge in [0.25, 0.3) is 0 Å². The smallest absolute Gasteiger partial charge is 0.338 e. The predicted octanol–water partition coefficient (Wildman–Crippen LogP) is 5.76. The highest BCUT2D eigenvalue weighted by atomic mass is 16.5. The summed E-state index contributed by atoms with van der Waals surface area (Å²) in [6, 6.07) is 15.1. The maximum absolute atomic E-state index is 11.7. The van der Waals surface area contributed by atoms with Gasteiger partial charge in [-0.15, -0.1) is 0 Å². The van der Waals surface area contributed by atoms with Gasteiger partial charge in [0.2, 0.25) is 0 Å². The van der Waals surface area contributed by atoms with Gasteiger partial charge in [0.15, 0.2) is 0 Å². The van der Waals surface area contributed by atoms with Crippen LogP contribution in [-0.4, -0.2) is 11.9 Å². The van der Waals surface area contributed by atoms with Gasteiger partial charge in [-0.3, -0.25) is 0 Å². The monoisotopic (exact) mass is 392 g/mol. The summed E-state index contributed by atoms with van der Waals surface area (Å²) in [5.74, 6) is 0.105. The van der Waals surface area contributed by atoms with Crippen LogP contribution in [0.15, 0.2) is 72.8 Å². The molecule has 2 aromatic carbocycles. The van der Waals surface area contributed by atoms with E-state index in [0.717, 1.165) is 24.0 Å². The third-order valence-corrected chi connectivity index (χ3v) is 4.85. The first kappa shape index (κ1) is 22.2. The molecule has 0 spiro atoms. The number of carbonyl (C=O) groups excluding carboxylic acids is 2.